The molecule has 1 rings (SSSR count). The van der Waals surface area contributed by atoms with Crippen molar-refractivity contribution in [2.24, 2.45) is 0 Å². The molecular formula is C145H21FO2. The van der Waals surface area contributed by atoms with Gasteiger partial charge < -0.3 is 4.74 Å². The van der Waals surface area contributed by atoms with Crippen LogP contribution in [0.3, 0.4) is 0 Å². The predicted molar refractivity (Wildman–Crippen MR) is 578 cm³/mol. The molecule has 0 N–H and O–H groups in total. The molecule has 0 spiro atoms. The molecular weight excluding hydrogens is 1790 g/mol. The summed E-state index contributed by atoms with van der Waals surface area (Å²) in [5.74, 6) is 321. The van der Waals surface area contributed by atoms with E-state index in [9.17, 15) is 9.18 Å². The molecule has 0 bridgehead atoms. The van der Waals surface area contributed by atoms with Crippen LogP contribution < -0.4 is 0 Å². The number of ether oxygens (including phenoxy) is 1. The van der Waals surface area contributed by atoms with Crippen LogP contribution in [0.2, 0.25) is 0 Å². The number of benzene rings is 1. The van der Waals surface area contributed by atoms with Gasteiger partial charge in [-0.2, -0.15) is 0 Å². The highest BCUT2D eigenvalue weighted by atomic mass is 19.1. The van der Waals surface area contributed by atoms with E-state index in [0.717, 1.165) is 24.8 Å². The highest BCUT2D eigenvalue weighted by molar-refractivity contribution is 5.87. The van der Waals surface area contributed by atoms with E-state index in [4.69, 9.17) is 11.2 Å². The Morgan fingerprint density at radius 3 is 0.419 bits per heavy atom. The van der Waals surface area contributed by atoms with E-state index in [1.807, 2.05) is 0 Å². The second-order valence-corrected chi connectivity index (χ2v) is 20.0. The number of esters is 1. The zero-order chi connectivity index (χ0) is 106. The molecule has 0 aromatic heterocycles. The van der Waals surface area contributed by atoms with Crippen molar-refractivity contribution >= 4 is 12.0 Å². The summed E-state index contributed by atoms with van der Waals surface area (Å²) in [4.78, 5) is 11.3. The standard InChI is InChI=1S/C131H4.C14H17FO2/c1-3-5-7-9-11-13-15-17-19-21-23-25-27-29-31-33-35-37-39-41-43-45-47-49-51-53-55-57-59-61-63-65-67-69-71-73-75-77-79-81-83-85-87-89-91-93-95-97-99-101-103-105-107-109-111-113-115-117-119-121-123-125-127-129-131-130-128-126-124-122-120-118-116-114-112-110-108-106-104-102-100-98-96-94-92-90-88-86-84-82-80-78-76-74-72-70-68-66-64-62-60-58-56-54-52-50-48-46-44-42-40-38-36-34-32-30-28-26-24-22-20-18-16-14-12-10-8-6-4-2;1-2-3-4-11-17-14(16)10-7-12-5-8-13(15)9-6-12/h1H,2H3;5-10H,2-4,11H2,1H3/b;10-7+. The summed E-state index contributed by atoms with van der Waals surface area (Å²) in [6.45, 7) is 4.23. The number of carbonyl (C=O) groups excluding carboxylic acids is 1. The average molecular weight is 1810 g/mol. The number of carbonyl (C=O) groups is 1. The fraction of sp³-hybridized carbons (Fsp3) is 0.0414. The molecule has 0 atom stereocenters. The van der Waals surface area contributed by atoms with Gasteiger partial charge in [-0.25, -0.2) is 9.18 Å². The Bertz CT molecular complexity index is 9900. The summed E-state index contributed by atoms with van der Waals surface area (Å²) in [5, 5.41) is 0. The maximum Gasteiger partial charge on any atom is 0.330 e. The Labute approximate surface area is 871 Å². The van der Waals surface area contributed by atoms with E-state index in [-0.39, 0.29) is 11.8 Å². The van der Waals surface area contributed by atoms with Crippen molar-refractivity contribution in [3.05, 3.63) is 41.7 Å². The number of unbranched alkanes of at least 4 members (excludes halogenated alkanes) is 2. The van der Waals surface area contributed by atoms with Crippen LogP contribution in [0.25, 0.3) is 6.08 Å². The largest absolute Gasteiger partial charge is 0.463 e. The molecule has 0 heterocycles. The van der Waals surface area contributed by atoms with Crippen LogP contribution in [0.4, 0.5) is 4.39 Å². The van der Waals surface area contributed by atoms with Gasteiger partial charge in [0, 0.05) is 669 Å². The third kappa shape index (κ3) is 108. The lowest BCUT2D eigenvalue weighted by Gasteiger charge is -2.00. The molecule has 0 amide bonds. The smallest absolute Gasteiger partial charge is 0.330 e. The second kappa shape index (κ2) is 111. The molecule has 1 aromatic carbocycles. The van der Waals surface area contributed by atoms with E-state index in [1.165, 1.54) is 18.2 Å². The van der Waals surface area contributed by atoms with Crippen LogP contribution in [-0.4, -0.2) is 12.6 Å². The normalized spacial score (nSPS) is 4.74. The number of terminal acetylenes is 1. The van der Waals surface area contributed by atoms with E-state index < -0.39 is 0 Å². The minimum atomic E-state index is -0.356. The molecule has 0 saturated carbocycles. The Morgan fingerprint density at radius 2 is 0.311 bits per heavy atom. The van der Waals surface area contributed by atoms with Crippen molar-refractivity contribution in [2.45, 2.75) is 33.1 Å². The van der Waals surface area contributed by atoms with Gasteiger partial charge in [0.25, 0.3) is 0 Å². The summed E-state index contributed by atoms with van der Waals surface area (Å²) in [7, 11) is 0. The van der Waals surface area contributed by atoms with Crippen LogP contribution in [0.5, 0.6) is 0 Å². The first-order chi connectivity index (χ1) is 73.6. The van der Waals surface area contributed by atoms with Crippen molar-refractivity contribution in [3.63, 3.8) is 0 Å². The van der Waals surface area contributed by atoms with Crippen molar-refractivity contribution in [2.75, 3.05) is 6.61 Å². The second-order valence-electron chi connectivity index (χ2n) is 20.0. The van der Waals surface area contributed by atoms with Gasteiger partial charge in [-0.3, -0.25) is 0 Å². The Morgan fingerprint density at radius 1 is 0.196 bits per heavy atom. The Kier molecular flexibility index (Phi) is 88.3. The van der Waals surface area contributed by atoms with Gasteiger partial charge in [0.05, 0.1) is 6.61 Å². The fourth-order valence-electron chi connectivity index (χ4n) is 5.32. The Hall–Kier alpha value is -30.2. The lowest BCUT2D eigenvalue weighted by molar-refractivity contribution is -0.137. The van der Waals surface area contributed by atoms with Crippen LogP contribution in [0.1, 0.15) is 38.7 Å². The topological polar surface area (TPSA) is 26.3 Å². The fourth-order valence-corrected chi connectivity index (χ4v) is 5.32. The van der Waals surface area contributed by atoms with Crippen molar-refractivity contribution in [1.82, 2.24) is 0 Å². The number of hydrogen-bond donors (Lipinski definition) is 0. The highest BCUT2D eigenvalue weighted by Crippen LogP contribution is 2.05. The molecule has 2 nitrogen and oxygen atoms in total. The minimum absolute atomic E-state index is 0.288. The average Bonchev–Trinajstić information content (AvgIpc) is 0.923. The summed E-state index contributed by atoms with van der Waals surface area (Å²) >= 11 is 0. The van der Waals surface area contributed by atoms with Crippen molar-refractivity contribution in [1.29, 1.82) is 0 Å². The van der Waals surface area contributed by atoms with Crippen molar-refractivity contribution in [3.8, 4) is 770 Å². The van der Waals surface area contributed by atoms with Gasteiger partial charge >= 0.3 is 5.97 Å². The van der Waals surface area contributed by atoms with E-state index in [2.05, 4.69) is 771 Å². The first-order valence-electron chi connectivity index (χ1n) is 38.6. The third-order valence-corrected chi connectivity index (χ3v) is 10.3. The maximum absolute atomic E-state index is 12.6. The van der Waals surface area contributed by atoms with Gasteiger partial charge in [0.1, 0.15) is 5.82 Å². The number of rotatable bonds is 6. The molecule has 148 heavy (non-hydrogen) atoms. The Balaban J connectivity index is 0.0000114. The zero-order valence-electron chi connectivity index (χ0n) is 76.1. The summed E-state index contributed by atoms with van der Waals surface area (Å²) < 4.78 is 17.6. The molecule has 0 saturated heterocycles. The lowest BCUT2D eigenvalue weighted by Crippen LogP contribution is -2.01. The quantitative estimate of drug-likeness (QED) is 0.183. The molecule has 0 aliphatic carbocycles. The van der Waals surface area contributed by atoms with Gasteiger partial charge in [-0.1, -0.05) is 37.8 Å². The van der Waals surface area contributed by atoms with E-state index in [0.29, 0.717) is 6.61 Å². The van der Waals surface area contributed by atoms with Gasteiger partial charge in [0.2, 0.25) is 0 Å². The SMILES string of the molecule is C#CC#CC#CC#CC#CC#CC#CC#CC#CC#CC#CC#CC#CC#CC#CC#CC#CC#CC#CC#CC#CC#CC#CC#CC#CC#CC#CC#CC#CC#CC#CC#CC#CC#CC#CC#CC#CC#CC#CC#CC#CC#CC#CC#CC#CC#CC#CC#CC#CC#CC#CC#CC#CC#CC#CC#CC#CC#CC#CC#CC#CC#CC#CC#CC#CC.CCCCCOC(=O)/C=C/c1ccc(F)cc1. The lowest BCUT2D eigenvalue weighted by atomic mass is 10.2. The molecule has 3 heteroatoms. The number of hydrogen-bond acceptors (Lipinski definition) is 2. The van der Waals surface area contributed by atoms with Crippen LogP contribution in [0, 0.1) is 776 Å². The zero-order valence-corrected chi connectivity index (χ0v) is 76.1. The molecule has 1 aromatic rings. The molecule has 0 radical (unpaired) electrons. The molecule has 0 unspecified atom stereocenters. The predicted octanol–water partition coefficient (Wildman–Crippen LogP) is 4.43. The number of halogens is 1. The molecule has 0 aliphatic rings. The summed E-state index contributed by atoms with van der Waals surface area (Å²) in [6.07, 6.45) is 11.0. The first kappa shape index (κ1) is 118. The van der Waals surface area contributed by atoms with E-state index >= 15 is 0 Å². The monoisotopic (exact) mass is 1810 g/mol. The minimum Gasteiger partial charge on any atom is -0.463 e. The van der Waals surface area contributed by atoms with Crippen LogP contribution in [-0.2, 0) is 9.53 Å². The summed E-state index contributed by atoms with van der Waals surface area (Å²) in [6, 6.07) is 5.92. The first-order valence-corrected chi connectivity index (χ1v) is 38.6. The summed E-state index contributed by atoms with van der Waals surface area (Å²) in [5.41, 5.74) is 0.775. The highest BCUT2D eigenvalue weighted by Gasteiger charge is 1.97. The maximum atomic E-state index is 12.6. The molecule has 620 valence electrons. The third-order valence-electron chi connectivity index (χ3n) is 10.3. The molecule has 0 fully saturated rings. The van der Waals surface area contributed by atoms with Gasteiger partial charge in [-0.15, -0.1) is 6.42 Å². The van der Waals surface area contributed by atoms with Crippen LogP contribution >= 0.6 is 0 Å². The van der Waals surface area contributed by atoms with Gasteiger partial charge in [0.15, 0.2) is 0 Å². The van der Waals surface area contributed by atoms with Crippen molar-refractivity contribution < 1.29 is 13.9 Å². The van der Waals surface area contributed by atoms with Crippen LogP contribution in [0.15, 0.2) is 30.3 Å². The van der Waals surface area contributed by atoms with Gasteiger partial charge in [-0.05, 0) is 132 Å². The van der Waals surface area contributed by atoms with E-state index in [1.54, 1.807) is 25.1 Å². The molecule has 0 aliphatic heterocycles.